The third-order valence-electron chi connectivity index (χ3n) is 5.71. The van der Waals surface area contributed by atoms with Gasteiger partial charge in [-0.1, -0.05) is 37.2 Å². The summed E-state index contributed by atoms with van der Waals surface area (Å²) in [5.41, 5.74) is 1.51. The van der Waals surface area contributed by atoms with Crippen LogP contribution in [0.5, 0.6) is 0 Å². The van der Waals surface area contributed by atoms with E-state index >= 15 is 0 Å². The topological polar surface area (TPSA) is 59.8 Å². The number of aromatic nitrogens is 3. The number of rotatable bonds is 7. The van der Waals surface area contributed by atoms with Crippen LogP contribution in [0.1, 0.15) is 42.7 Å². The molecule has 1 aromatic carbocycles. The van der Waals surface area contributed by atoms with Crippen molar-refractivity contribution in [3.63, 3.8) is 0 Å². The van der Waals surface area contributed by atoms with Gasteiger partial charge in [-0.25, -0.2) is 0 Å². The molecule has 1 unspecified atom stereocenters. The Bertz CT molecular complexity index is 1190. The molecule has 4 rings (SSSR count). The normalized spacial score (nSPS) is 15.9. The van der Waals surface area contributed by atoms with Gasteiger partial charge < -0.3 is 9.88 Å². The van der Waals surface area contributed by atoms with E-state index in [2.05, 4.69) is 34.7 Å². The third-order valence-corrected chi connectivity index (χ3v) is 8.05. The summed E-state index contributed by atoms with van der Waals surface area (Å²) in [6.45, 7) is 5.03. The van der Waals surface area contributed by atoms with Gasteiger partial charge in [-0.2, -0.15) is 13.2 Å². The van der Waals surface area contributed by atoms with Crippen LogP contribution in [0.25, 0.3) is 11.4 Å². The summed E-state index contributed by atoms with van der Waals surface area (Å²) in [6.07, 6.45) is -0.393. The molecular formula is C23H24ClF3N4OS2. The Morgan fingerprint density at radius 1 is 1.35 bits per heavy atom. The highest BCUT2D eigenvalue weighted by Gasteiger charge is 2.31. The van der Waals surface area contributed by atoms with Crippen LogP contribution >= 0.6 is 34.7 Å². The van der Waals surface area contributed by atoms with Crippen molar-refractivity contribution in [2.45, 2.75) is 57.4 Å². The number of carbonyl (C=O) groups is 1. The zero-order valence-corrected chi connectivity index (χ0v) is 21.1. The van der Waals surface area contributed by atoms with E-state index in [0.29, 0.717) is 17.6 Å². The second-order valence-corrected chi connectivity index (χ2v) is 10.7. The third kappa shape index (κ3) is 5.44. The second-order valence-electron chi connectivity index (χ2n) is 8.39. The number of fused-ring (bicyclic) bond motifs is 1. The molecule has 2 heterocycles. The maximum Gasteiger partial charge on any atom is 0.416 e. The number of alkyl halides is 3. The maximum absolute atomic E-state index is 13.0. The van der Waals surface area contributed by atoms with Gasteiger partial charge in [-0.3, -0.25) is 4.79 Å². The fourth-order valence-corrected chi connectivity index (χ4v) is 6.17. The van der Waals surface area contributed by atoms with E-state index in [1.54, 1.807) is 11.3 Å². The van der Waals surface area contributed by atoms with Crippen LogP contribution in [0.4, 0.5) is 18.9 Å². The first kappa shape index (κ1) is 25.1. The van der Waals surface area contributed by atoms with Crippen molar-refractivity contribution in [1.82, 2.24) is 14.8 Å². The fraction of sp³-hybridized carbons (Fsp3) is 0.435. The van der Waals surface area contributed by atoms with Crippen molar-refractivity contribution in [2.75, 3.05) is 11.1 Å². The van der Waals surface area contributed by atoms with Gasteiger partial charge in [0.25, 0.3) is 0 Å². The van der Waals surface area contributed by atoms with Crippen LogP contribution in [-0.2, 0) is 30.4 Å². The van der Waals surface area contributed by atoms with E-state index in [-0.39, 0.29) is 16.5 Å². The molecule has 3 aromatic rings. The highest BCUT2D eigenvalue weighted by molar-refractivity contribution is 7.99. The molecule has 34 heavy (non-hydrogen) atoms. The average Bonchev–Trinajstić information content (AvgIpc) is 3.36. The molecular weight excluding hydrogens is 505 g/mol. The van der Waals surface area contributed by atoms with Crippen LogP contribution in [0, 0.1) is 5.92 Å². The Kier molecular flexibility index (Phi) is 7.59. The molecule has 2 aromatic heterocycles. The molecule has 0 spiro atoms. The summed E-state index contributed by atoms with van der Waals surface area (Å²) < 4.78 is 41.0. The average molecular weight is 529 g/mol. The molecule has 1 aliphatic rings. The zero-order chi connectivity index (χ0) is 24.5. The first-order valence-corrected chi connectivity index (χ1v) is 13.2. The lowest BCUT2D eigenvalue weighted by atomic mass is 9.88. The molecule has 11 heteroatoms. The van der Waals surface area contributed by atoms with Gasteiger partial charge in [-0.15, -0.1) is 21.5 Å². The number of thioether (sulfide) groups is 1. The van der Waals surface area contributed by atoms with Gasteiger partial charge in [0.15, 0.2) is 11.0 Å². The number of carbonyl (C=O) groups excluding carboxylic acids is 1. The molecule has 0 saturated carbocycles. The van der Waals surface area contributed by atoms with Crippen molar-refractivity contribution in [2.24, 2.45) is 5.92 Å². The Balaban J connectivity index is 1.49. The number of anilines is 1. The van der Waals surface area contributed by atoms with Gasteiger partial charge in [0.1, 0.15) is 0 Å². The minimum atomic E-state index is -4.52. The summed E-state index contributed by atoms with van der Waals surface area (Å²) in [4.78, 5) is 13.9. The van der Waals surface area contributed by atoms with Crippen molar-refractivity contribution < 1.29 is 18.0 Å². The number of nitrogens with zero attached hydrogens (tertiary/aromatic N) is 3. The molecule has 1 atom stereocenters. The van der Waals surface area contributed by atoms with Gasteiger partial charge >= 0.3 is 6.18 Å². The predicted molar refractivity (Wildman–Crippen MR) is 131 cm³/mol. The number of nitrogens with one attached hydrogen (secondary N) is 1. The maximum atomic E-state index is 13.0. The van der Waals surface area contributed by atoms with Crippen molar-refractivity contribution in [3.05, 3.63) is 44.6 Å². The molecule has 0 aliphatic heterocycles. The molecule has 5 nitrogen and oxygen atoms in total. The van der Waals surface area contributed by atoms with Gasteiger partial charge in [0, 0.05) is 22.4 Å². The monoisotopic (exact) mass is 528 g/mol. The van der Waals surface area contributed by atoms with Crippen LogP contribution in [-0.4, -0.2) is 26.4 Å². The number of benzene rings is 1. The molecule has 1 aliphatic carbocycles. The molecule has 0 saturated heterocycles. The standard InChI is InChI=1S/C23H24ClF3N4OS2/c1-3-8-31-21(16-11-33-19-9-13(2)4-6-15(16)19)29-30-22(31)34-12-20(32)28-18-10-14(23(25,26)27)5-7-17(18)24/h5,7,10-11,13H,3-4,6,8-9,12H2,1-2H3,(H,28,32). The minimum absolute atomic E-state index is 0.0340. The van der Waals surface area contributed by atoms with Crippen molar-refractivity contribution in [1.29, 1.82) is 0 Å². The second kappa shape index (κ2) is 10.3. The van der Waals surface area contributed by atoms with E-state index < -0.39 is 17.6 Å². The van der Waals surface area contributed by atoms with E-state index in [4.69, 9.17) is 11.6 Å². The first-order chi connectivity index (χ1) is 16.2. The van der Waals surface area contributed by atoms with Crippen LogP contribution in [0.15, 0.2) is 28.7 Å². The number of amides is 1. The van der Waals surface area contributed by atoms with Gasteiger partial charge in [0.05, 0.1) is 22.0 Å². The Morgan fingerprint density at radius 3 is 2.88 bits per heavy atom. The summed E-state index contributed by atoms with van der Waals surface area (Å²) in [7, 11) is 0. The highest BCUT2D eigenvalue weighted by Crippen LogP contribution is 2.38. The number of hydrogen-bond donors (Lipinski definition) is 1. The quantitative estimate of drug-likeness (QED) is 0.337. The zero-order valence-electron chi connectivity index (χ0n) is 18.7. The smallest absolute Gasteiger partial charge is 0.324 e. The molecule has 0 bridgehead atoms. The number of hydrogen-bond acceptors (Lipinski definition) is 5. The Hall–Kier alpha value is -2.04. The molecule has 0 fully saturated rings. The molecule has 1 amide bonds. The van der Waals surface area contributed by atoms with Gasteiger partial charge in [0.2, 0.25) is 5.91 Å². The highest BCUT2D eigenvalue weighted by atomic mass is 35.5. The summed E-state index contributed by atoms with van der Waals surface area (Å²) in [6, 6.07) is 2.84. The summed E-state index contributed by atoms with van der Waals surface area (Å²) >= 11 is 8.95. The molecule has 0 radical (unpaired) electrons. The van der Waals surface area contributed by atoms with Gasteiger partial charge in [-0.05, 0) is 55.4 Å². The lowest BCUT2D eigenvalue weighted by Crippen LogP contribution is -2.16. The van der Waals surface area contributed by atoms with Crippen LogP contribution < -0.4 is 5.32 Å². The van der Waals surface area contributed by atoms with Crippen molar-refractivity contribution in [3.8, 4) is 11.4 Å². The molecule has 182 valence electrons. The van der Waals surface area contributed by atoms with Crippen LogP contribution in [0.2, 0.25) is 5.02 Å². The summed E-state index contributed by atoms with van der Waals surface area (Å²) in [5, 5.41) is 14.0. The molecule has 1 N–H and O–H groups in total. The lowest BCUT2D eigenvalue weighted by Gasteiger charge is -2.19. The first-order valence-electron chi connectivity index (χ1n) is 11.0. The Morgan fingerprint density at radius 2 is 2.15 bits per heavy atom. The van der Waals surface area contributed by atoms with Crippen molar-refractivity contribution >= 4 is 46.3 Å². The largest absolute Gasteiger partial charge is 0.416 e. The van der Waals surface area contributed by atoms with E-state index in [0.717, 1.165) is 55.3 Å². The fourth-order valence-electron chi connectivity index (χ4n) is 4.00. The van der Waals surface area contributed by atoms with E-state index in [1.165, 1.54) is 22.2 Å². The summed E-state index contributed by atoms with van der Waals surface area (Å²) in [5.74, 6) is 0.981. The number of thiophene rings is 1. The number of halogens is 4. The van der Waals surface area contributed by atoms with E-state index in [1.807, 2.05) is 4.57 Å². The SMILES string of the molecule is CCCn1c(SCC(=O)Nc2cc(C(F)(F)F)ccc2Cl)nnc1-c1csc2c1CCC(C)C2. The predicted octanol–water partition coefficient (Wildman–Crippen LogP) is 6.94. The minimum Gasteiger partial charge on any atom is -0.324 e. The Labute approximate surface area is 209 Å². The van der Waals surface area contributed by atoms with Crippen LogP contribution in [0.3, 0.4) is 0 Å². The van der Waals surface area contributed by atoms with E-state index in [9.17, 15) is 18.0 Å². The lowest BCUT2D eigenvalue weighted by molar-refractivity contribution is -0.137.